The molecule has 1 N–H and O–H groups in total. The fourth-order valence-corrected chi connectivity index (χ4v) is 1.82. The minimum atomic E-state index is 0.704. The van der Waals surface area contributed by atoms with Gasteiger partial charge in [0.25, 0.3) is 0 Å². The van der Waals surface area contributed by atoms with E-state index in [1.807, 2.05) is 0 Å². The first-order chi connectivity index (χ1) is 6.33. The second kappa shape index (κ2) is 6.35. The Kier molecular flexibility index (Phi) is 5.35. The van der Waals surface area contributed by atoms with Crippen LogP contribution >= 0.6 is 0 Å². The van der Waals surface area contributed by atoms with Gasteiger partial charge in [-0.2, -0.15) is 0 Å². The Labute approximate surface area is 81.4 Å². The van der Waals surface area contributed by atoms with Gasteiger partial charge in [-0.15, -0.1) is 0 Å². The molecule has 0 aromatic rings. The molecule has 1 aliphatic rings. The highest BCUT2D eigenvalue weighted by Gasteiger charge is 2.15. The van der Waals surface area contributed by atoms with Crippen LogP contribution in [-0.4, -0.2) is 51.3 Å². The Hall–Kier alpha value is -0.120. The maximum atomic E-state index is 5.02. The maximum absolute atomic E-state index is 5.02. The third-order valence-corrected chi connectivity index (χ3v) is 2.61. The fraction of sp³-hybridized carbons (Fsp3) is 1.00. The van der Waals surface area contributed by atoms with Crippen molar-refractivity contribution in [2.45, 2.75) is 25.3 Å². The molecule has 0 spiro atoms. The summed E-state index contributed by atoms with van der Waals surface area (Å²) < 4.78 is 5.02. The van der Waals surface area contributed by atoms with E-state index >= 15 is 0 Å². The summed E-state index contributed by atoms with van der Waals surface area (Å²) in [7, 11) is 3.97. The van der Waals surface area contributed by atoms with Gasteiger partial charge in [0, 0.05) is 39.4 Å². The van der Waals surface area contributed by atoms with Crippen molar-refractivity contribution in [2.75, 3.05) is 40.4 Å². The highest BCUT2D eigenvalue weighted by molar-refractivity contribution is 4.76. The van der Waals surface area contributed by atoms with Crippen LogP contribution in [0.25, 0.3) is 0 Å². The van der Waals surface area contributed by atoms with Crippen molar-refractivity contribution in [2.24, 2.45) is 0 Å². The van der Waals surface area contributed by atoms with E-state index in [9.17, 15) is 0 Å². The van der Waals surface area contributed by atoms with Gasteiger partial charge >= 0.3 is 0 Å². The Morgan fingerprint density at radius 1 is 1.46 bits per heavy atom. The normalized spacial score (nSPS) is 24.9. The fourth-order valence-electron chi connectivity index (χ4n) is 1.82. The topological polar surface area (TPSA) is 24.5 Å². The second-order valence-corrected chi connectivity index (χ2v) is 3.90. The summed E-state index contributed by atoms with van der Waals surface area (Å²) in [4.78, 5) is 2.40. The van der Waals surface area contributed by atoms with Crippen molar-refractivity contribution in [1.29, 1.82) is 0 Å². The summed E-state index contributed by atoms with van der Waals surface area (Å²) in [5.74, 6) is 0. The number of unbranched alkanes of at least 4 members (excludes halogenated alkanes) is 1. The summed E-state index contributed by atoms with van der Waals surface area (Å²) in [6.07, 6.45) is 3.76. The van der Waals surface area contributed by atoms with Crippen molar-refractivity contribution >= 4 is 0 Å². The summed E-state index contributed by atoms with van der Waals surface area (Å²) in [5, 5.41) is 3.54. The number of likely N-dealkylation sites (N-methyl/N-ethyl adjacent to an activating group) is 1. The summed E-state index contributed by atoms with van der Waals surface area (Å²) >= 11 is 0. The highest BCUT2D eigenvalue weighted by Crippen LogP contribution is 2.05. The minimum Gasteiger partial charge on any atom is -0.385 e. The van der Waals surface area contributed by atoms with Crippen molar-refractivity contribution < 1.29 is 4.74 Å². The van der Waals surface area contributed by atoms with E-state index in [-0.39, 0.29) is 0 Å². The van der Waals surface area contributed by atoms with Crippen molar-refractivity contribution in [1.82, 2.24) is 10.2 Å². The standard InChI is InChI=1S/C10H22N2O/c1-12-7-6-11-10(9-12)5-3-4-8-13-2/h10-11H,3-9H2,1-2H3. The SMILES string of the molecule is COCCCCC1CN(C)CCN1. The summed E-state index contributed by atoms with van der Waals surface area (Å²) in [5.41, 5.74) is 0. The molecule has 1 atom stereocenters. The quantitative estimate of drug-likeness (QED) is 0.640. The molecule has 1 fully saturated rings. The number of methoxy groups -OCH3 is 1. The molecule has 0 aromatic carbocycles. The Morgan fingerprint density at radius 3 is 3.00 bits per heavy atom. The number of piperazine rings is 1. The first-order valence-corrected chi connectivity index (χ1v) is 5.24. The Morgan fingerprint density at radius 2 is 2.31 bits per heavy atom. The lowest BCUT2D eigenvalue weighted by atomic mass is 10.1. The zero-order chi connectivity index (χ0) is 9.52. The van der Waals surface area contributed by atoms with Gasteiger partial charge in [-0.25, -0.2) is 0 Å². The molecule has 3 heteroatoms. The zero-order valence-electron chi connectivity index (χ0n) is 8.88. The van der Waals surface area contributed by atoms with E-state index in [0.717, 1.165) is 13.2 Å². The molecule has 0 amide bonds. The van der Waals surface area contributed by atoms with Gasteiger partial charge in [0.1, 0.15) is 0 Å². The molecule has 78 valence electrons. The van der Waals surface area contributed by atoms with Gasteiger partial charge in [0.05, 0.1) is 0 Å². The molecule has 1 rings (SSSR count). The molecule has 13 heavy (non-hydrogen) atoms. The van der Waals surface area contributed by atoms with E-state index in [1.165, 1.54) is 32.4 Å². The van der Waals surface area contributed by atoms with Crippen molar-refractivity contribution in [3.05, 3.63) is 0 Å². The molecule has 1 heterocycles. The van der Waals surface area contributed by atoms with E-state index in [2.05, 4.69) is 17.3 Å². The van der Waals surface area contributed by atoms with Gasteiger partial charge in [0.2, 0.25) is 0 Å². The first-order valence-electron chi connectivity index (χ1n) is 5.24. The van der Waals surface area contributed by atoms with Crippen LogP contribution in [0.3, 0.4) is 0 Å². The van der Waals surface area contributed by atoms with Crippen LogP contribution in [-0.2, 0) is 4.74 Å². The van der Waals surface area contributed by atoms with Crippen LogP contribution in [0.1, 0.15) is 19.3 Å². The monoisotopic (exact) mass is 186 g/mol. The van der Waals surface area contributed by atoms with Gasteiger partial charge < -0.3 is 15.0 Å². The molecule has 1 aliphatic heterocycles. The smallest absolute Gasteiger partial charge is 0.0462 e. The minimum absolute atomic E-state index is 0.704. The van der Waals surface area contributed by atoms with Crippen LogP contribution in [0.4, 0.5) is 0 Å². The molecule has 3 nitrogen and oxygen atoms in total. The van der Waals surface area contributed by atoms with Crippen LogP contribution in [0.15, 0.2) is 0 Å². The number of nitrogens with zero attached hydrogens (tertiary/aromatic N) is 1. The number of hydrogen-bond donors (Lipinski definition) is 1. The third-order valence-electron chi connectivity index (χ3n) is 2.61. The number of ether oxygens (including phenoxy) is 1. The summed E-state index contributed by atoms with van der Waals surface area (Å²) in [6, 6.07) is 0.704. The lowest BCUT2D eigenvalue weighted by Crippen LogP contribution is -2.48. The van der Waals surface area contributed by atoms with Crippen molar-refractivity contribution in [3.63, 3.8) is 0 Å². The third kappa shape index (κ3) is 4.60. The van der Waals surface area contributed by atoms with Gasteiger partial charge in [0.15, 0.2) is 0 Å². The van der Waals surface area contributed by atoms with Crippen LogP contribution in [0.5, 0.6) is 0 Å². The molecule has 0 aliphatic carbocycles. The highest BCUT2D eigenvalue weighted by atomic mass is 16.5. The van der Waals surface area contributed by atoms with Gasteiger partial charge in [-0.1, -0.05) is 0 Å². The lowest BCUT2D eigenvalue weighted by molar-refractivity contribution is 0.185. The van der Waals surface area contributed by atoms with E-state index in [1.54, 1.807) is 7.11 Å². The molecule has 1 saturated heterocycles. The first kappa shape index (κ1) is 11.0. The summed E-state index contributed by atoms with van der Waals surface area (Å²) in [6.45, 7) is 4.44. The average Bonchev–Trinajstić information content (AvgIpc) is 2.13. The lowest BCUT2D eigenvalue weighted by Gasteiger charge is -2.30. The number of hydrogen-bond acceptors (Lipinski definition) is 3. The van der Waals surface area contributed by atoms with E-state index in [4.69, 9.17) is 4.74 Å². The van der Waals surface area contributed by atoms with Crippen LogP contribution < -0.4 is 5.32 Å². The molecule has 0 saturated carbocycles. The molecular formula is C10H22N2O. The predicted molar refractivity (Wildman–Crippen MR) is 55.0 cm³/mol. The molecule has 0 radical (unpaired) electrons. The zero-order valence-corrected chi connectivity index (χ0v) is 8.88. The predicted octanol–water partition coefficient (Wildman–Crippen LogP) is 0.707. The molecule has 1 unspecified atom stereocenters. The van der Waals surface area contributed by atoms with Crippen LogP contribution in [0.2, 0.25) is 0 Å². The average molecular weight is 186 g/mol. The molecular weight excluding hydrogens is 164 g/mol. The van der Waals surface area contributed by atoms with Gasteiger partial charge in [-0.05, 0) is 26.3 Å². The van der Waals surface area contributed by atoms with Crippen LogP contribution in [0, 0.1) is 0 Å². The maximum Gasteiger partial charge on any atom is 0.0462 e. The molecule has 0 aromatic heterocycles. The van der Waals surface area contributed by atoms with Gasteiger partial charge in [-0.3, -0.25) is 0 Å². The Balaban J connectivity index is 2.00. The van der Waals surface area contributed by atoms with E-state index < -0.39 is 0 Å². The Bertz CT molecular complexity index is 130. The van der Waals surface area contributed by atoms with E-state index in [0.29, 0.717) is 6.04 Å². The second-order valence-electron chi connectivity index (χ2n) is 3.90. The largest absolute Gasteiger partial charge is 0.385 e. The number of rotatable bonds is 5. The number of nitrogens with one attached hydrogen (secondary N) is 1. The van der Waals surface area contributed by atoms with Crippen molar-refractivity contribution in [3.8, 4) is 0 Å². The molecule has 0 bridgehead atoms.